The molecule has 1 aromatic carbocycles. The monoisotopic (exact) mass is 291 g/mol. The third kappa shape index (κ3) is 5.55. The summed E-state index contributed by atoms with van der Waals surface area (Å²) >= 11 is 0. The van der Waals surface area contributed by atoms with Crippen molar-refractivity contribution in [2.45, 2.75) is 33.2 Å². The van der Waals surface area contributed by atoms with Gasteiger partial charge in [0.15, 0.2) is 0 Å². The second-order valence-electron chi connectivity index (χ2n) is 4.83. The highest BCUT2D eigenvalue weighted by Gasteiger charge is 2.09. The zero-order valence-corrected chi connectivity index (χ0v) is 12.9. The predicted molar refractivity (Wildman–Crippen MR) is 83.8 cm³/mol. The maximum atomic E-state index is 11.9. The van der Waals surface area contributed by atoms with Gasteiger partial charge < -0.3 is 16.0 Å². The van der Waals surface area contributed by atoms with Crippen LogP contribution in [0.25, 0.3) is 0 Å². The van der Waals surface area contributed by atoms with E-state index in [2.05, 4.69) is 5.32 Å². The summed E-state index contributed by atoms with van der Waals surface area (Å²) < 4.78 is 0. The van der Waals surface area contributed by atoms with E-state index in [1.807, 2.05) is 26.0 Å². The highest BCUT2D eigenvalue weighted by Crippen LogP contribution is 2.04. The molecule has 0 heterocycles. The van der Waals surface area contributed by atoms with Crippen LogP contribution >= 0.6 is 0 Å². The normalized spacial score (nSPS) is 10.2. The van der Waals surface area contributed by atoms with Gasteiger partial charge in [0, 0.05) is 38.2 Å². The lowest BCUT2D eigenvalue weighted by Gasteiger charge is -2.18. The molecule has 2 amide bonds. The molecule has 0 aliphatic heterocycles. The maximum absolute atomic E-state index is 11.9. The zero-order chi connectivity index (χ0) is 15.7. The fourth-order valence-corrected chi connectivity index (χ4v) is 2.07. The number of nitrogens with two attached hydrogens (primary N) is 1. The van der Waals surface area contributed by atoms with E-state index in [1.54, 1.807) is 17.0 Å². The van der Waals surface area contributed by atoms with Crippen LogP contribution in [0.1, 0.15) is 42.6 Å². The standard InChI is InChI=1S/C16H25N3O2/c1-3-19(4-2)15(20)6-5-11-18-16(21)14-9-7-13(12-17)8-10-14/h7-10H,3-6,11-12,17H2,1-2H3,(H,18,21). The number of amides is 2. The Morgan fingerprint density at radius 2 is 1.76 bits per heavy atom. The third-order valence-electron chi connectivity index (χ3n) is 3.42. The Morgan fingerprint density at radius 3 is 2.29 bits per heavy atom. The number of rotatable bonds is 8. The molecule has 0 saturated carbocycles. The molecule has 0 spiro atoms. The molecule has 0 aromatic heterocycles. The van der Waals surface area contributed by atoms with Crippen LogP contribution in [-0.2, 0) is 11.3 Å². The number of carbonyl (C=O) groups is 2. The van der Waals surface area contributed by atoms with Gasteiger partial charge in [0.1, 0.15) is 0 Å². The van der Waals surface area contributed by atoms with Crippen LogP contribution in [0.3, 0.4) is 0 Å². The van der Waals surface area contributed by atoms with Gasteiger partial charge in [0.2, 0.25) is 5.91 Å². The van der Waals surface area contributed by atoms with Crippen molar-refractivity contribution in [3.05, 3.63) is 35.4 Å². The Hall–Kier alpha value is -1.88. The number of benzene rings is 1. The molecule has 0 aliphatic rings. The van der Waals surface area contributed by atoms with Gasteiger partial charge in [-0.25, -0.2) is 0 Å². The first-order valence-corrected chi connectivity index (χ1v) is 7.47. The van der Waals surface area contributed by atoms with E-state index in [0.29, 0.717) is 31.5 Å². The van der Waals surface area contributed by atoms with Gasteiger partial charge in [0.05, 0.1) is 0 Å². The van der Waals surface area contributed by atoms with E-state index in [0.717, 1.165) is 18.7 Å². The van der Waals surface area contributed by atoms with E-state index >= 15 is 0 Å². The molecule has 5 heteroatoms. The summed E-state index contributed by atoms with van der Waals surface area (Å²) in [6.45, 7) is 6.37. The van der Waals surface area contributed by atoms with Crippen molar-refractivity contribution >= 4 is 11.8 Å². The summed E-state index contributed by atoms with van der Waals surface area (Å²) in [5.74, 6) is 0.0235. The van der Waals surface area contributed by atoms with Gasteiger partial charge in [-0.3, -0.25) is 9.59 Å². The van der Waals surface area contributed by atoms with Crippen LogP contribution < -0.4 is 11.1 Å². The Balaban J connectivity index is 2.31. The van der Waals surface area contributed by atoms with Gasteiger partial charge in [-0.05, 0) is 38.0 Å². The molecule has 0 aliphatic carbocycles. The molecule has 0 bridgehead atoms. The van der Waals surface area contributed by atoms with Crippen molar-refractivity contribution in [2.75, 3.05) is 19.6 Å². The van der Waals surface area contributed by atoms with Crippen molar-refractivity contribution in [3.63, 3.8) is 0 Å². The Labute approximate surface area is 126 Å². The van der Waals surface area contributed by atoms with Crippen LogP contribution in [0, 0.1) is 0 Å². The Kier molecular flexibility index (Phi) is 7.46. The second kappa shape index (κ2) is 9.13. The zero-order valence-electron chi connectivity index (χ0n) is 12.9. The van der Waals surface area contributed by atoms with Crippen LogP contribution in [0.5, 0.6) is 0 Å². The summed E-state index contributed by atoms with van der Waals surface area (Å²) in [6, 6.07) is 7.22. The minimum absolute atomic E-state index is 0.117. The Bertz CT molecular complexity index is 453. The SMILES string of the molecule is CCN(CC)C(=O)CCCNC(=O)c1ccc(CN)cc1. The summed E-state index contributed by atoms with van der Waals surface area (Å²) in [6.07, 6.45) is 1.12. The van der Waals surface area contributed by atoms with Gasteiger partial charge >= 0.3 is 0 Å². The fraction of sp³-hybridized carbons (Fsp3) is 0.500. The van der Waals surface area contributed by atoms with Gasteiger partial charge in [-0.15, -0.1) is 0 Å². The summed E-state index contributed by atoms with van der Waals surface area (Å²) in [4.78, 5) is 25.5. The maximum Gasteiger partial charge on any atom is 0.251 e. The van der Waals surface area contributed by atoms with E-state index in [1.165, 1.54) is 0 Å². The molecule has 0 unspecified atom stereocenters. The van der Waals surface area contributed by atoms with Crippen LogP contribution in [0.4, 0.5) is 0 Å². The molecule has 1 aromatic rings. The van der Waals surface area contributed by atoms with Crippen LogP contribution in [0.2, 0.25) is 0 Å². The molecule has 116 valence electrons. The molecule has 3 N–H and O–H groups in total. The first-order valence-electron chi connectivity index (χ1n) is 7.47. The molecule has 0 atom stereocenters. The van der Waals surface area contributed by atoms with Crippen LogP contribution in [0.15, 0.2) is 24.3 Å². The van der Waals surface area contributed by atoms with Crippen molar-refractivity contribution in [1.82, 2.24) is 10.2 Å². The van der Waals surface area contributed by atoms with Crippen molar-refractivity contribution in [1.29, 1.82) is 0 Å². The van der Waals surface area contributed by atoms with Crippen molar-refractivity contribution in [3.8, 4) is 0 Å². The van der Waals surface area contributed by atoms with Gasteiger partial charge in [0.25, 0.3) is 5.91 Å². The molecule has 0 fully saturated rings. The van der Waals surface area contributed by atoms with E-state index < -0.39 is 0 Å². The molecule has 21 heavy (non-hydrogen) atoms. The lowest BCUT2D eigenvalue weighted by molar-refractivity contribution is -0.130. The first kappa shape index (κ1) is 17.2. The molecule has 0 saturated heterocycles. The number of hydrogen-bond acceptors (Lipinski definition) is 3. The van der Waals surface area contributed by atoms with Crippen LogP contribution in [-0.4, -0.2) is 36.3 Å². The summed E-state index contributed by atoms with van der Waals surface area (Å²) in [5, 5.41) is 2.83. The number of carbonyl (C=O) groups excluding carboxylic acids is 2. The minimum atomic E-state index is -0.117. The molecular formula is C16H25N3O2. The third-order valence-corrected chi connectivity index (χ3v) is 3.42. The first-order chi connectivity index (χ1) is 10.1. The molecule has 0 radical (unpaired) electrons. The highest BCUT2D eigenvalue weighted by molar-refractivity contribution is 5.94. The lowest BCUT2D eigenvalue weighted by Crippen LogP contribution is -2.31. The topological polar surface area (TPSA) is 75.4 Å². The van der Waals surface area contributed by atoms with Gasteiger partial charge in [-0.1, -0.05) is 12.1 Å². The van der Waals surface area contributed by atoms with Crippen molar-refractivity contribution in [2.24, 2.45) is 5.73 Å². The largest absolute Gasteiger partial charge is 0.352 e. The highest BCUT2D eigenvalue weighted by atomic mass is 16.2. The summed E-state index contributed by atoms with van der Waals surface area (Å²) in [5.41, 5.74) is 7.12. The van der Waals surface area contributed by atoms with Gasteiger partial charge in [-0.2, -0.15) is 0 Å². The average Bonchev–Trinajstić information content (AvgIpc) is 2.52. The Morgan fingerprint density at radius 1 is 1.14 bits per heavy atom. The smallest absolute Gasteiger partial charge is 0.251 e. The molecule has 1 rings (SSSR count). The number of nitrogens with zero attached hydrogens (tertiary/aromatic N) is 1. The molecule has 5 nitrogen and oxygen atoms in total. The number of hydrogen-bond donors (Lipinski definition) is 2. The second-order valence-corrected chi connectivity index (χ2v) is 4.83. The van der Waals surface area contributed by atoms with E-state index in [-0.39, 0.29) is 11.8 Å². The van der Waals surface area contributed by atoms with E-state index in [9.17, 15) is 9.59 Å². The fourth-order valence-electron chi connectivity index (χ4n) is 2.07. The molecular weight excluding hydrogens is 266 g/mol. The summed E-state index contributed by atoms with van der Waals surface area (Å²) in [7, 11) is 0. The van der Waals surface area contributed by atoms with Crippen molar-refractivity contribution < 1.29 is 9.59 Å². The predicted octanol–water partition coefficient (Wildman–Crippen LogP) is 1.52. The number of nitrogens with one attached hydrogen (secondary N) is 1. The minimum Gasteiger partial charge on any atom is -0.352 e. The average molecular weight is 291 g/mol. The van der Waals surface area contributed by atoms with E-state index in [4.69, 9.17) is 5.73 Å². The lowest BCUT2D eigenvalue weighted by atomic mass is 10.1. The quantitative estimate of drug-likeness (QED) is 0.713.